The SMILES string of the molecule is CNC(C)CC1CN2CCC1CC2. The van der Waals surface area contributed by atoms with Gasteiger partial charge in [0.15, 0.2) is 0 Å². The van der Waals surface area contributed by atoms with Gasteiger partial charge in [-0.2, -0.15) is 0 Å². The molecular weight excluding hydrogens is 160 g/mol. The molecule has 0 radical (unpaired) electrons. The van der Waals surface area contributed by atoms with E-state index in [1.807, 2.05) is 0 Å². The molecule has 3 fully saturated rings. The quantitative estimate of drug-likeness (QED) is 0.708. The maximum Gasteiger partial charge on any atom is 0.00389 e. The van der Waals surface area contributed by atoms with Crippen molar-refractivity contribution in [1.29, 1.82) is 0 Å². The molecule has 3 aliphatic rings. The van der Waals surface area contributed by atoms with Gasteiger partial charge in [0, 0.05) is 12.6 Å². The number of hydrogen-bond donors (Lipinski definition) is 1. The van der Waals surface area contributed by atoms with E-state index in [0.29, 0.717) is 6.04 Å². The van der Waals surface area contributed by atoms with Crippen LogP contribution in [-0.4, -0.2) is 37.6 Å². The molecular formula is C11H22N2. The van der Waals surface area contributed by atoms with Gasteiger partial charge in [0.2, 0.25) is 0 Å². The predicted molar refractivity (Wildman–Crippen MR) is 55.8 cm³/mol. The van der Waals surface area contributed by atoms with Crippen molar-refractivity contribution in [2.45, 2.75) is 32.2 Å². The van der Waals surface area contributed by atoms with Crippen LogP contribution in [0.1, 0.15) is 26.2 Å². The first-order valence-electron chi connectivity index (χ1n) is 5.69. The van der Waals surface area contributed by atoms with Gasteiger partial charge in [-0.15, -0.1) is 0 Å². The van der Waals surface area contributed by atoms with Crippen LogP contribution in [0.3, 0.4) is 0 Å². The van der Waals surface area contributed by atoms with Gasteiger partial charge in [-0.05, 0) is 58.2 Å². The first-order valence-corrected chi connectivity index (χ1v) is 5.69. The van der Waals surface area contributed by atoms with Crippen molar-refractivity contribution < 1.29 is 0 Å². The maximum absolute atomic E-state index is 3.35. The van der Waals surface area contributed by atoms with E-state index in [1.54, 1.807) is 0 Å². The van der Waals surface area contributed by atoms with Crippen molar-refractivity contribution in [3.63, 3.8) is 0 Å². The van der Waals surface area contributed by atoms with Gasteiger partial charge < -0.3 is 10.2 Å². The number of rotatable bonds is 3. The summed E-state index contributed by atoms with van der Waals surface area (Å²) in [6, 6.07) is 0.700. The standard InChI is InChI=1S/C11H22N2/c1-9(12-2)7-11-8-13-5-3-10(11)4-6-13/h9-12H,3-8H2,1-2H3. The van der Waals surface area contributed by atoms with E-state index in [-0.39, 0.29) is 0 Å². The van der Waals surface area contributed by atoms with E-state index in [4.69, 9.17) is 0 Å². The fraction of sp³-hybridized carbons (Fsp3) is 1.00. The Morgan fingerprint density at radius 2 is 2.08 bits per heavy atom. The third-order valence-corrected chi connectivity index (χ3v) is 3.94. The molecule has 0 aromatic heterocycles. The Morgan fingerprint density at radius 1 is 1.38 bits per heavy atom. The molecule has 2 nitrogen and oxygen atoms in total. The van der Waals surface area contributed by atoms with Gasteiger partial charge >= 0.3 is 0 Å². The molecule has 0 saturated carbocycles. The predicted octanol–water partition coefficient (Wildman–Crippen LogP) is 1.33. The van der Waals surface area contributed by atoms with Crippen LogP contribution < -0.4 is 5.32 Å². The van der Waals surface area contributed by atoms with Crippen LogP contribution in [0.4, 0.5) is 0 Å². The summed E-state index contributed by atoms with van der Waals surface area (Å²) in [7, 11) is 2.08. The van der Waals surface area contributed by atoms with E-state index in [2.05, 4.69) is 24.2 Å². The smallest absolute Gasteiger partial charge is 0.00389 e. The van der Waals surface area contributed by atoms with Crippen LogP contribution >= 0.6 is 0 Å². The first-order chi connectivity index (χ1) is 6.29. The first kappa shape index (κ1) is 9.47. The number of nitrogens with zero attached hydrogens (tertiary/aromatic N) is 1. The molecule has 2 heteroatoms. The Hall–Kier alpha value is -0.0800. The largest absolute Gasteiger partial charge is 0.317 e. The molecule has 0 aromatic carbocycles. The second kappa shape index (κ2) is 3.97. The Kier molecular flexibility index (Phi) is 2.89. The molecule has 3 heterocycles. The lowest BCUT2D eigenvalue weighted by molar-refractivity contribution is 0.0427. The van der Waals surface area contributed by atoms with E-state index < -0.39 is 0 Å². The molecule has 3 saturated heterocycles. The Labute approximate surface area is 81.7 Å². The van der Waals surface area contributed by atoms with E-state index in [9.17, 15) is 0 Å². The number of fused-ring (bicyclic) bond motifs is 3. The molecule has 2 unspecified atom stereocenters. The van der Waals surface area contributed by atoms with Gasteiger partial charge in [0.1, 0.15) is 0 Å². The highest BCUT2D eigenvalue weighted by molar-refractivity contribution is 4.87. The van der Waals surface area contributed by atoms with Gasteiger partial charge in [-0.1, -0.05) is 0 Å². The van der Waals surface area contributed by atoms with E-state index in [0.717, 1.165) is 11.8 Å². The van der Waals surface area contributed by atoms with Crippen molar-refractivity contribution in [3.05, 3.63) is 0 Å². The second-order valence-corrected chi connectivity index (χ2v) is 4.82. The molecule has 3 aliphatic heterocycles. The lowest BCUT2D eigenvalue weighted by Crippen LogP contribution is -2.48. The zero-order chi connectivity index (χ0) is 9.26. The van der Waals surface area contributed by atoms with Crippen LogP contribution in [0, 0.1) is 11.8 Å². The molecule has 3 rings (SSSR count). The summed E-state index contributed by atoms with van der Waals surface area (Å²) in [4.78, 5) is 2.65. The van der Waals surface area contributed by atoms with Crippen LogP contribution in [0.25, 0.3) is 0 Å². The monoisotopic (exact) mass is 182 g/mol. The molecule has 13 heavy (non-hydrogen) atoms. The van der Waals surface area contributed by atoms with Gasteiger partial charge in [-0.25, -0.2) is 0 Å². The normalized spacial score (nSPS) is 40.6. The summed E-state index contributed by atoms with van der Waals surface area (Å²) >= 11 is 0. The molecule has 0 spiro atoms. The van der Waals surface area contributed by atoms with Crippen molar-refractivity contribution in [3.8, 4) is 0 Å². The third-order valence-electron chi connectivity index (χ3n) is 3.94. The average molecular weight is 182 g/mol. The molecule has 1 N–H and O–H groups in total. The van der Waals surface area contributed by atoms with E-state index in [1.165, 1.54) is 38.9 Å². The summed E-state index contributed by atoms with van der Waals surface area (Å²) in [5, 5.41) is 3.35. The Morgan fingerprint density at radius 3 is 2.54 bits per heavy atom. The van der Waals surface area contributed by atoms with E-state index >= 15 is 0 Å². The fourth-order valence-electron chi connectivity index (χ4n) is 2.93. The van der Waals surface area contributed by atoms with Crippen LogP contribution in [0.5, 0.6) is 0 Å². The Balaban J connectivity index is 1.86. The number of nitrogens with one attached hydrogen (secondary N) is 1. The van der Waals surface area contributed by atoms with Gasteiger partial charge in [0.05, 0.1) is 0 Å². The highest BCUT2D eigenvalue weighted by atomic mass is 15.1. The Bertz CT molecular complexity index is 161. The minimum Gasteiger partial charge on any atom is -0.317 e. The molecule has 0 aromatic rings. The summed E-state index contributed by atoms with van der Waals surface area (Å²) in [5.74, 6) is 2.02. The molecule has 76 valence electrons. The number of hydrogen-bond acceptors (Lipinski definition) is 2. The summed E-state index contributed by atoms with van der Waals surface area (Å²) < 4.78 is 0. The minimum absolute atomic E-state index is 0.700. The second-order valence-electron chi connectivity index (χ2n) is 4.82. The van der Waals surface area contributed by atoms with Gasteiger partial charge in [0.25, 0.3) is 0 Å². The highest BCUT2D eigenvalue weighted by Crippen LogP contribution is 2.34. The fourth-order valence-corrected chi connectivity index (χ4v) is 2.93. The molecule has 2 bridgehead atoms. The third kappa shape index (κ3) is 2.05. The van der Waals surface area contributed by atoms with Crippen LogP contribution in [0.2, 0.25) is 0 Å². The molecule has 2 atom stereocenters. The van der Waals surface area contributed by atoms with Crippen molar-refractivity contribution in [1.82, 2.24) is 10.2 Å². The van der Waals surface area contributed by atoms with Crippen molar-refractivity contribution in [2.75, 3.05) is 26.7 Å². The number of piperidine rings is 3. The zero-order valence-electron chi connectivity index (χ0n) is 8.92. The zero-order valence-corrected chi connectivity index (χ0v) is 8.92. The summed E-state index contributed by atoms with van der Waals surface area (Å²) in [6.45, 7) is 6.42. The minimum atomic E-state index is 0.700. The maximum atomic E-state index is 3.35. The lowest BCUT2D eigenvalue weighted by atomic mass is 9.76. The van der Waals surface area contributed by atoms with Crippen molar-refractivity contribution >= 4 is 0 Å². The summed E-state index contributed by atoms with van der Waals surface area (Å²) in [6.07, 6.45) is 4.29. The van der Waals surface area contributed by atoms with Gasteiger partial charge in [-0.3, -0.25) is 0 Å². The average Bonchev–Trinajstić information content (AvgIpc) is 2.19. The molecule has 0 aliphatic carbocycles. The summed E-state index contributed by atoms with van der Waals surface area (Å²) in [5.41, 5.74) is 0. The van der Waals surface area contributed by atoms with Crippen LogP contribution in [0.15, 0.2) is 0 Å². The molecule has 0 amide bonds. The van der Waals surface area contributed by atoms with Crippen LogP contribution in [-0.2, 0) is 0 Å². The highest BCUT2D eigenvalue weighted by Gasteiger charge is 2.34. The lowest BCUT2D eigenvalue weighted by Gasteiger charge is -2.45. The van der Waals surface area contributed by atoms with Crippen molar-refractivity contribution in [2.24, 2.45) is 11.8 Å². The topological polar surface area (TPSA) is 15.3 Å².